The molecule has 2 aromatic carbocycles. The van der Waals surface area contributed by atoms with Crippen LogP contribution < -0.4 is 31.0 Å². The van der Waals surface area contributed by atoms with E-state index < -0.39 is 12.3 Å². The Morgan fingerprint density at radius 1 is 0.897 bits per heavy atom. The summed E-state index contributed by atoms with van der Waals surface area (Å²) in [6.45, 7) is 5.20. The third-order valence-corrected chi connectivity index (χ3v) is 6.63. The fraction of sp³-hybridized carbons (Fsp3) is 0.385. The van der Waals surface area contributed by atoms with Gasteiger partial charge in [-0.2, -0.15) is 15.0 Å². The zero-order valence-corrected chi connectivity index (χ0v) is 22.1. The highest BCUT2D eigenvalue weighted by Crippen LogP contribution is 2.19. The number of methoxy groups -OCH3 is 1. The monoisotopic (exact) mass is 534 g/mol. The van der Waals surface area contributed by atoms with Crippen LogP contribution in [0, 0.1) is 0 Å². The first kappa shape index (κ1) is 26.3. The minimum atomic E-state index is -0.967. The Balaban J connectivity index is 1.26. The molecule has 5 N–H and O–H groups in total. The maximum Gasteiger partial charge on any atom is 0.338 e. The number of benzene rings is 2. The van der Waals surface area contributed by atoms with Crippen LogP contribution in [0.3, 0.4) is 0 Å². The molecule has 3 aromatic rings. The Morgan fingerprint density at radius 2 is 1.46 bits per heavy atom. The number of urea groups is 1. The Morgan fingerprint density at radius 3 is 2.00 bits per heavy atom. The number of ether oxygens (including phenoxy) is 1. The number of likely N-dealkylation sites (N-methyl/N-ethyl adjacent to an activating group) is 1. The van der Waals surface area contributed by atoms with E-state index in [1.54, 1.807) is 7.11 Å². The summed E-state index contributed by atoms with van der Waals surface area (Å²) in [7, 11) is 3.78. The van der Waals surface area contributed by atoms with Gasteiger partial charge in [0.15, 0.2) is 0 Å². The molecule has 1 atom stereocenters. The predicted octanol–water partition coefficient (Wildman–Crippen LogP) is 1.53. The van der Waals surface area contributed by atoms with Gasteiger partial charge in [-0.15, -0.1) is 0 Å². The summed E-state index contributed by atoms with van der Waals surface area (Å²) in [5.74, 6) is 1.61. The van der Waals surface area contributed by atoms with Gasteiger partial charge >= 0.3 is 6.03 Å². The number of aliphatic hydroxyl groups excluding tert-OH is 1. The number of aromatic nitrogens is 3. The highest BCUT2D eigenvalue weighted by Gasteiger charge is 2.28. The van der Waals surface area contributed by atoms with Gasteiger partial charge in [-0.05, 0) is 42.4 Å². The van der Waals surface area contributed by atoms with E-state index in [-0.39, 0.29) is 12.5 Å². The van der Waals surface area contributed by atoms with E-state index in [1.807, 2.05) is 24.3 Å². The molecule has 5 rings (SSSR count). The van der Waals surface area contributed by atoms with Gasteiger partial charge in [-0.1, -0.05) is 24.3 Å². The third-order valence-electron chi connectivity index (χ3n) is 6.63. The molecule has 0 saturated carbocycles. The molecule has 2 aliphatic heterocycles. The fourth-order valence-corrected chi connectivity index (χ4v) is 4.32. The van der Waals surface area contributed by atoms with Crippen molar-refractivity contribution in [2.45, 2.75) is 19.3 Å². The van der Waals surface area contributed by atoms with Crippen LogP contribution in [0.25, 0.3) is 0 Å². The average Bonchev–Trinajstić information content (AvgIpc) is 3.27. The molecule has 13 nitrogen and oxygen atoms in total. The minimum absolute atomic E-state index is 0.0571. The molecule has 1 aromatic heterocycles. The second kappa shape index (κ2) is 12.0. The van der Waals surface area contributed by atoms with E-state index in [2.05, 4.69) is 77.4 Å². The predicted molar refractivity (Wildman–Crippen MR) is 148 cm³/mol. The van der Waals surface area contributed by atoms with E-state index >= 15 is 0 Å². The molecular formula is C26H34N10O3. The number of aliphatic hydroxyl groups is 1. The lowest BCUT2D eigenvalue weighted by molar-refractivity contribution is 0.164. The van der Waals surface area contributed by atoms with E-state index in [4.69, 9.17) is 4.74 Å². The topological polar surface area (TPSA) is 143 Å². The van der Waals surface area contributed by atoms with Gasteiger partial charge in [0, 0.05) is 45.0 Å². The largest absolute Gasteiger partial charge is 0.497 e. The molecule has 2 amide bonds. The van der Waals surface area contributed by atoms with Crippen molar-refractivity contribution in [2.75, 3.05) is 67.8 Å². The van der Waals surface area contributed by atoms with E-state index in [1.165, 1.54) is 10.7 Å². The Hall–Kier alpha value is -4.36. The summed E-state index contributed by atoms with van der Waals surface area (Å²) < 4.78 is 5.22. The highest BCUT2D eigenvalue weighted by atomic mass is 16.5. The lowest BCUT2D eigenvalue weighted by Crippen LogP contribution is -2.44. The van der Waals surface area contributed by atoms with Gasteiger partial charge < -0.3 is 35.6 Å². The van der Waals surface area contributed by atoms with Crippen molar-refractivity contribution < 1.29 is 14.6 Å². The number of piperazine rings is 1. The molecular weight excluding hydrogens is 500 g/mol. The number of amides is 2. The lowest BCUT2D eigenvalue weighted by Gasteiger charge is -2.34. The molecule has 0 radical (unpaired) electrons. The van der Waals surface area contributed by atoms with Gasteiger partial charge in [0.2, 0.25) is 17.8 Å². The number of hydrazine groups is 1. The maximum atomic E-state index is 12.1. The smallest absolute Gasteiger partial charge is 0.338 e. The Labute approximate surface area is 227 Å². The average molecular weight is 535 g/mol. The first-order valence-corrected chi connectivity index (χ1v) is 12.9. The van der Waals surface area contributed by atoms with Crippen LogP contribution in [-0.4, -0.2) is 89.1 Å². The van der Waals surface area contributed by atoms with Crippen molar-refractivity contribution >= 4 is 29.6 Å². The lowest BCUT2D eigenvalue weighted by atomic mass is 10.2. The SMILES string of the molecule is COc1ccc(CNc2nc(NCc3ccc(N4CCN(C)CC4)cc3)nc(NN3CC(O)NC3=O)n2)cc1. The number of carbonyl (C=O) groups excluding carboxylic acids is 1. The summed E-state index contributed by atoms with van der Waals surface area (Å²) in [4.78, 5) is 30.1. The Bertz CT molecular complexity index is 1250. The van der Waals surface area contributed by atoms with Crippen LogP contribution in [0.5, 0.6) is 5.75 Å². The molecule has 0 aliphatic carbocycles. The number of rotatable bonds is 10. The summed E-state index contributed by atoms with van der Waals surface area (Å²) >= 11 is 0. The van der Waals surface area contributed by atoms with Crippen molar-refractivity contribution in [3.8, 4) is 5.75 Å². The molecule has 0 bridgehead atoms. The van der Waals surface area contributed by atoms with E-state index in [9.17, 15) is 9.90 Å². The molecule has 2 saturated heterocycles. The second-order valence-electron chi connectivity index (χ2n) is 9.51. The standard InChI is InChI=1S/C26H34N10O3/c1-34-11-13-35(14-12-34)20-7-3-18(4-8-20)15-27-23-30-24(28-16-19-5-9-21(39-2)10-6-19)32-25(31-23)33-36-17-22(37)29-26(36)38/h3-10,22,37H,11-17H2,1-2H3,(H,29,38)(H3,27,28,30,31,32,33). The number of carbonyl (C=O) groups is 1. The Kier molecular flexibility index (Phi) is 8.08. The van der Waals surface area contributed by atoms with Crippen LogP contribution in [0.15, 0.2) is 48.5 Å². The summed E-state index contributed by atoms with van der Waals surface area (Å²) in [6, 6.07) is 15.7. The van der Waals surface area contributed by atoms with E-state index in [0.717, 1.165) is 43.1 Å². The van der Waals surface area contributed by atoms with Crippen LogP contribution in [0.1, 0.15) is 11.1 Å². The van der Waals surface area contributed by atoms with Crippen molar-refractivity contribution in [1.29, 1.82) is 0 Å². The highest BCUT2D eigenvalue weighted by molar-refractivity contribution is 5.77. The van der Waals surface area contributed by atoms with Crippen molar-refractivity contribution in [2.24, 2.45) is 0 Å². The number of hydrogen-bond acceptors (Lipinski definition) is 11. The van der Waals surface area contributed by atoms with Crippen LogP contribution >= 0.6 is 0 Å². The van der Waals surface area contributed by atoms with Crippen LogP contribution in [-0.2, 0) is 13.1 Å². The van der Waals surface area contributed by atoms with Gasteiger partial charge in [-0.25, -0.2) is 9.80 Å². The molecule has 2 fully saturated rings. The van der Waals surface area contributed by atoms with Gasteiger partial charge in [-0.3, -0.25) is 5.43 Å². The van der Waals surface area contributed by atoms with Gasteiger partial charge in [0.05, 0.1) is 13.7 Å². The molecule has 206 valence electrons. The quantitative estimate of drug-likeness (QED) is 0.258. The van der Waals surface area contributed by atoms with Gasteiger partial charge in [0.1, 0.15) is 12.0 Å². The zero-order valence-electron chi connectivity index (χ0n) is 22.1. The molecule has 13 heteroatoms. The fourth-order valence-electron chi connectivity index (χ4n) is 4.32. The van der Waals surface area contributed by atoms with Crippen molar-refractivity contribution in [1.82, 2.24) is 30.2 Å². The number of nitrogens with one attached hydrogen (secondary N) is 4. The first-order chi connectivity index (χ1) is 18.9. The second-order valence-corrected chi connectivity index (χ2v) is 9.51. The van der Waals surface area contributed by atoms with Crippen LogP contribution in [0.2, 0.25) is 0 Å². The number of β-amino-alcohol motifs (C(OH)–C–C–N with tert-alkyl or cyclic N) is 1. The normalized spacial score (nSPS) is 17.6. The number of nitrogens with zero attached hydrogens (tertiary/aromatic N) is 6. The molecule has 2 aliphatic rings. The molecule has 1 unspecified atom stereocenters. The maximum absolute atomic E-state index is 12.1. The van der Waals surface area contributed by atoms with Crippen molar-refractivity contribution in [3.05, 3.63) is 59.7 Å². The van der Waals surface area contributed by atoms with E-state index in [0.29, 0.717) is 25.0 Å². The molecule has 39 heavy (non-hydrogen) atoms. The molecule has 0 spiro atoms. The minimum Gasteiger partial charge on any atom is -0.497 e. The molecule has 3 heterocycles. The van der Waals surface area contributed by atoms with Gasteiger partial charge in [0.25, 0.3) is 0 Å². The summed E-state index contributed by atoms with van der Waals surface area (Å²) in [5, 5.41) is 19.8. The number of hydrogen-bond donors (Lipinski definition) is 5. The van der Waals surface area contributed by atoms with Crippen molar-refractivity contribution in [3.63, 3.8) is 0 Å². The zero-order chi connectivity index (χ0) is 27.2. The number of anilines is 4. The summed E-state index contributed by atoms with van der Waals surface area (Å²) in [6.07, 6.45) is -0.967. The first-order valence-electron chi connectivity index (χ1n) is 12.9. The third kappa shape index (κ3) is 6.94. The summed E-state index contributed by atoms with van der Waals surface area (Å²) in [5.41, 5.74) is 6.17. The van der Waals surface area contributed by atoms with Crippen LogP contribution in [0.4, 0.5) is 28.3 Å².